The van der Waals surface area contributed by atoms with E-state index in [2.05, 4.69) is 38.2 Å². The van der Waals surface area contributed by atoms with Crippen molar-refractivity contribution in [3.63, 3.8) is 0 Å². The third-order valence-corrected chi connectivity index (χ3v) is 3.34. The fourth-order valence-electron chi connectivity index (χ4n) is 1.44. The van der Waals surface area contributed by atoms with Crippen LogP contribution in [0.5, 0.6) is 0 Å². The van der Waals surface area contributed by atoms with Gasteiger partial charge in [0, 0.05) is 10.1 Å². The Labute approximate surface area is 127 Å². The Hall–Kier alpha value is -1.35. The van der Waals surface area contributed by atoms with Crippen LogP contribution in [0.3, 0.4) is 0 Å². The lowest BCUT2D eigenvalue weighted by atomic mass is 10.3. The highest BCUT2D eigenvalue weighted by Crippen LogP contribution is 2.23. The average molecular weight is 393 g/mol. The maximum Gasteiger partial charge on any atom is 0.358 e. The van der Waals surface area contributed by atoms with Gasteiger partial charge in [0.1, 0.15) is 0 Å². The number of hydrogen-bond donors (Lipinski definition) is 2. The van der Waals surface area contributed by atoms with E-state index in [4.69, 9.17) is 16.7 Å². The molecule has 0 radical (unpaired) electrons. The minimum atomic E-state index is -1.08. The van der Waals surface area contributed by atoms with Gasteiger partial charge >= 0.3 is 5.97 Å². The second-order valence-electron chi connectivity index (χ2n) is 3.72. The summed E-state index contributed by atoms with van der Waals surface area (Å²) in [6.45, 7) is 1.07. The minimum Gasteiger partial charge on any atom is -0.476 e. The molecule has 0 fully saturated rings. The SMILES string of the molecule is O=C(O)c1cn(CCNc2cc(I)ccc2Cl)nn1. The highest BCUT2D eigenvalue weighted by Gasteiger charge is 2.07. The van der Waals surface area contributed by atoms with E-state index in [-0.39, 0.29) is 5.69 Å². The molecule has 2 aromatic rings. The topological polar surface area (TPSA) is 80.0 Å². The molecule has 0 spiro atoms. The lowest BCUT2D eigenvalue weighted by Gasteiger charge is -2.08. The quantitative estimate of drug-likeness (QED) is 0.764. The predicted octanol–water partition coefficient (Wildman–Crippen LogP) is 2.35. The van der Waals surface area contributed by atoms with Crippen molar-refractivity contribution in [1.82, 2.24) is 15.0 Å². The molecule has 6 nitrogen and oxygen atoms in total. The van der Waals surface area contributed by atoms with Crippen molar-refractivity contribution in [3.05, 3.63) is 38.7 Å². The molecule has 100 valence electrons. The van der Waals surface area contributed by atoms with E-state index >= 15 is 0 Å². The molecule has 0 unspecified atom stereocenters. The van der Waals surface area contributed by atoms with Gasteiger partial charge in [-0.3, -0.25) is 0 Å². The van der Waals surface area contributed by atoms with Crippen LogP contribution in [0.1, 0.15) is 10.5 Å². The molecule has 0 saturated carbocycles. The highest BCUT2D eigenvalue weighted by molar-refractivity contribution is 14.1. The summed E-state index contributed by atoms with van der Waals surface area (Å²) in [5, 5.41) is 19.8. The van der Waals surface area contributed by atoms with Crippen molar-refractivity contribution in [2.24, 2.45) is 0 Å². The van der Waals surface area contributed by atoms with Gasteiger partial charge < -0.3 is 10.4 Å². The Balaban J connectivity index is 1.92. The van der Waals surface area contributed by atoms with E-state index in [9.17, 15) is 4.79 Å². The van der Waals surface area contributed by atoms with Gasteiger partial charge in [0.2, 0.25) is 0 Å². The fourth-order valence-corrected chi connectivity index (χ4v) is 2.12. The summed E-state index contributed by atoms with van der Waals surface area (Å²) in [5.41, 5.74) is 0.777. The van der Waals surface area contributed by atoms with Gasteiger partial charge in [-0.15, -0.1) is 5.10 Å². The van der Waals surface area contributed by atoms with E-state index in [1.807, 2.05) is 18.2 Å². The molecular weight excluding hydrogens is 383 g/mol. The van der Waals surface area contributed by atoms with Crippen LogP contribution in [0.4, 0.5) is 5.69 Å². The van der Waals surface area contributed by atoms with Crippen molar-refractivity contribution >= 4 is 45.8 Å². The highest BCUT2D eigenvalue weighted by atomic mass is 127. The Bertz CT molecular complexity index is 602. The summed E-state index contributed by atoms with van der Waals surface area (Å²) in [6, 6.07) is 5.68. The number of nitrogens with one attached hydrogen (secondary N) is 1. The number of aromatic carboxylic acids is 1. The van der Waals surface area contributed by atoms with Gasteiger partial charge in [0.05, 0.1) is 23.5 Å². The zero-order chi connectivity index (χ0) is 13.8. The monoisotopic (exact) mass is 392 g/mol. The normalized spacial score (nSPS) is 10.4. The summed E-state index contributed by atoms with van der Waals surface area (Å²) in [5.74, 6) is -1.08. The van der Waals surface area contributed by atoms with Crippen LogP contribution in [-0.2, 0) is 6.54 Å². The molecule has 2 rings (SSSR count). The predicted molar refractivity (Wildman–Crippen MR) is 79.6 cm³/mol. The Morgan fingerprint density at radius 3 is 3.00 bits per heavy atom. The van der Waals surface area contributed by atoms with Gasteiger partial charge in [0.25, 0.3) is 0 Å². The van der Waals surface area contributed by atoms with E-state index in [0.717, 1.165) is 9.26 Å². The number of carboxylic acid groups (broad SMARTS) is 1. The second kappa shape index (κ2) is 6.20. The number of hydrogen-bond acceptors (Lipinski definition) is 4. The average Bonchev–Trinajstić information content (AvgIpc) is 2.82. The fraction of sp³-hybridized carbons (Fsp3) is 0.182. The van der Waals surface area contributed by atoms with Gasteiger partial charge in [-0.2, -0.15) is 0 Å². The van der Waals surface area contributed by atoms with Crippen LogP contribution < -0.4 is 5.32 Å². The molecule has 0 bridgehead atoms. The Morgan fingerprint density at radius 1 is 1.53 bits per heavy atom. The Kier molecular flexibility index (Phi) is 4.59. The van der Waals surface area contributed by atoms with Crippen molar-refractivity contribution in [2.75, 3.05) is 11.9 Å². The van der Waals surface area contributed by atoms with E-state index in [1.165, 1.54) is 10.9 Å². The smallest absolute Gasteiger partial charge is 0.358 e. The van der Waals surface area contributed by atoms with Crippen LogP contribution >= 0.6 is 34.2 Å². The lowest BCUT2D eigenvalue weighted by molar-refractivity contribution is 0.0690. The second-order valence-corrected chi connectivity index (χ2v) is 5.38. The zero-order valence-corrected chi connectivity index (χ0v) is 12.6. The third-order valence-electron chi connectivity index (χ3n) is 2.34. The number of anilines is 1. The maximum atomic E-state index is 10.6. The molecule has 0 aliphatic heterocycles. The molecular formula is C11H10ClIN4O2. The van der Waals surface area contributed by atoms with Crippen molar-refractivity contribution in [1.29, 1.82) is 0 Å². The number of aromatic nitrogens is 3. The van der Waals surface area contributed by atoms with Gasteiger partial charge in [-0.25, -0.2) is 9.48 Å². The van der Waals surface area contributed by atoms with Gasteiger partial charge in [0.15, 0.2) is 5.69 Å². The first-order valence-corrected chi connectivity index (χ1v) is 6.84. The molecule has 8 heteroatoms. The lowest BCUT2D eigenvalue weighted by Crippen LogP contribution is -2.11. The molecule has 1 aromatic heterocycles. The van der Waals surface area contributed by atoms with Crippen molar-refractivity contribution in [3.8, 4) is 0 Å². The Morgan fingerprint density at radius 2 is 2.32 bits per heavy atom. The summed E-state index contributed by atoms with van der Waals surface area (Å²) >= 11 is 8.25. The maximum absolute atomic E-state index is 10.6. The molecule has 1 heterocycles. The molecule has 1 aromatic carbocycles. The molecule has 0 atom stereocenters. The first-order chi connectivity index (χ1) is 9.06. The third kappa shape index (κ3) is 3.80. The van der Waals surface area contributed by atoms with Crippen LogP contribution in [0.2, 0.25) is 5.02 Å². The summed E-state index contributed by atoms with van der Waals surface area (Å²) in [6.07, 6.45) is 1.39. The van der Waals surface area contributed by atoms with Crippen LogP contribution in [0, 0.1) is 3.57 Å². The van der Waals surface area contributed by atoms with Crippen molar-refractivity contribution in [2.45, 2.75) is 6.54 Å². The number of carbonyl (C=O) groups is 1. The summed E-state index contributed by atoms with van der Waals surface area (Å²) in [7, 11) is 0. The molecule has 0 saturated heterocycles. The standard InChI is InChI=1S/C11H10ClIN4O2/c12-8-2-1-7(13)5-9(8)14-3-4-17-6-10(11(18)19)15-16-17/h1-2,5-6,14H,3-4H2,(H,18,19). The van der Waals surface area contributed by atoms with E-state index in [1.54, 1.807) is 0 Å². The number of rotatable bonds is 5. The summed E-state index contributed by atoms with van der Waals surface area (Å²) in [4.78, 5) is 10.6. The summed E-state index contributed by atoms with van der Waals surface area (Å²) < 4.78 is 2.55. The molecule has 0 aliphatic rings. The van der Waals surface area contributed by atoms with E-state index in [0.29, 0.717) is 18.1 Å². The van der Waals surface area contributed by atoms with Crippen LogP contribution in [0.15, 0.2) is 24.4 Å². The largest absolute Gasteiger partial charge is 0.476 e. The number of benzene rings is 1. The van der Waals surface area contributed by atoms with Gasteiger partial charge in [-0.1, -0.05) is 16.8 Å². The molecule has 0 amide bonds. The first-order valence-electron chi connectivity index (χ1n) is 5.38. The zero-order valence-electron chi connectivity index (χ0n) is 9.68. The van der Waals surface area contributed by atoms with Crippen molar-refractivity contribution < 1.29 is 9.90 Å². The minimum absolute atomic E-state index is 0.0627. The number of carboxylic acids is 1. The first kappa shape index (κ1) is 14.1. The number of nitrogens with zero attached hydrogens (tertiary/aromatic N) is 3. The van der Waals surface area contributed by atoms with E-state index < -0.39 is 5.97 Å². The molecule has 2 N–H and O–H groups in total. The number of halogens is 2. The van der Waals surface area contributed by atoms with Gasteiger partial charge in [-0.05, 0) is 40.8 Å². The molecule has 19 heavy (non-hydrogen) atoms. The van der Waals surface area contributed by atoms with Crippen LogP contribution in [-0.4, -0.2) is 32.6 Å². The molecule has 0 aliphatic carbocycles. The van der Waals surface area contributed by atoms with Crippen LogP contribution in [0.25, 0.3) is 0 Å².